The molecule has 3 rings (SSSR count). The summed E-state index contributed by atoms with van der Waals surface area (Å²) >= 11 is 0. The first-order chi connectivity index (χ1) is 9.25. The van der Waals surface area contributed by atoms with E-state index in [4.69, 9.17) is 0 Å². The third kappa shape index (κ3) is 2.06. The summed E-state index contributed by atoms with van der Waals surface area (Å²) in [4.78, 5) is 20.6. The van der Waals surface area contributed by atoms with E-state index in [9.17, 15) is 4.79 Å². The lowest BCUT2D eigenvalue weighted by molar-refractivity contribution is 0.818. The molecule has 0 aromatic carbocycles. The fourth-order valence-electron chi connectivity index (χ4n) is 1.86. The Labute approximate surface area is 109 Å². The van der Waals surface area contributed by atoms with Crippen LogP contribution in [0.1, 0.15) is 5.56 Å². The van der Waals surface area contributed by atoms with Gasteiger partial charge in [0.1, 0.15) is 0 Å². The number of hydrogen-bond acceptors (Lipinski definition) is 3. The summed E-state index contributed by atoms with van der Waals surface area (Å²) in [5, 5.41) is 2.92. The van der Waals surface area contributed by atoms with Crippen LogP contribution in [0.15, 0.2) is 53.8 Å². The van der Waals surface area contributed by atoms with Gasteiger partial charge < -0.3 is 0 Å². The van der Waals surface area contributed by atoms with Crippen LogP contribution in [-0.2, 0) is 0 Å². The van der Waals surface area contributed by atoms with E-state index in [1.54, 1.807) is 36.9 Å². The number of pyridine rings is 2. The molecule has 0 aliphatic heterocycles. The minimum atomic E-state index is -0.135. The lowest BCUT2D eigenvalue weighted by atomic mass is 10.2. The van der Waals surface area contributed by atoms with Gasteiger partial charge in [-0.2, -0.15) is 0 Å². The highest BCUT2D eigenvalue weighted by molar-refractivity contribution is 5.60. The Morgan fingerprint density at radius 2 is 2.11 bits per heavy atom. The van der Waals surface area contributed by atoms with Crippen molar-refractivity contribution in [2.75, 3.05) is 0 Å². The minimum absolute atomic E-state index is 0.135. The quantitative estimate of drug-likeness (QED) is 0.758. The molecule has 0 aliphatic carbocycles. The van der Waals surface area contributed by atoms with Gasteiger partial charge in [-0.3, -0.25) is 14.9 Å². The molecule has 5 nitrogen and oxygen atoms in total. The smallest absolute Gasteiger partial charge is 0.280 e. The summed E-state index contributed by atoms with van der Waals surface area (Å²) in [5.41, 5.74) is 2.28. The Kier molecular flexibility index (Phi) is 2.72. The van der Waals surface area contributed by atoms with Crippen molar-refractivity contribution >= 4 is 0 Å². The number of aryl methyl sites for hydroxylation is 1. The van der Waals surface area contributed by atoms with E-state index >= 15 is 0 Å². The summed E-state index contributed by atoms with van der Waals surface area (Å²) < 4.78 is 1.42. The van der Waals surface area contributed by atoms with Crippen LogP contribution in [0.25, 0.3) is 16.9 Å². The van der Waals surface area contributed by atoms with Gasteiger partial charge in [0.2, 0.25) is 0 Å². The van der Waals surface area contributed by atoms with E-state index in [-0.39, 0.29) is 5.56 Å². The van der Waals surface area contributed by atoms with Crippen molar-refractivity contribution in [1.82, 2.24) is 19.7 Å². The monoisotopic (exact) mass is 252 g/mol. The second-order valence-corrected chi connectivity index (χ2v) is 4.26. The molecule has 0 amide bonds. The van der Waals surface area contributed by atoms with E-state index in [0.29, 0.717) is 11.4 Å². The highest BCUT2D eigenvalue weighted by atomic mass is 16.1. The van der Waals surface area contributed by atoms with Crippen LogP contribution in [-0.4, -0.2) is 19.7 Å². The third-order valence-corrected chi connectivity index (χ3v) is 2.87. The first kappa shape index (κ1) is 11.4. The fourth-order valence-corrected chi connectivity index (χ4v) is 1.86. The number of aromatic nitrogens is 4. The van der Waals surface area contributed by atoms with Crippen molar-refractivity contribution in [3.63, 3.8) is 0 Å². The Bertz CT molecular complexity index is 741. The summed E-state index contributed by atoms with van der Waals surface area (Å²) in [6.45, 7) is 1.95. The zero-order chi connectivity index (χ0) is 13.2. The maximum Gasteiger partial charge on any atom is 0.280 e. The van der Waals surface area contributed by atoms with Gasteiger partial charge in [-0.1, -0.05) is 12.1 Å². The van der Waals surface area contributed by atoms with Gasteiger partial charge >= 0.3 is 0 Å². The Hall–Kier alpha value is -2.69. The van der Waals surface area contributed by atoms with Crippen molar-refractivity contribution in [2.45, 2.75) is 6.92 Å². The van der Waals surface area contributed by atoms with E-state index in [1.807, 2.05) is 19.1 Å². The normalized spacial score (nSPS) is 10.6. The zero-order valence-electron chi connectivity index (χ0n) is 10.4. The first-order valence-corrected chi connectivity index (χ1v) is 5.89. The van der Waals surface area contributed by atoms with Crippen molar-refractivity contribution in [3.05, 3.63) is 65.0 Å². The molecule has 0 radical (unpaired) electrons. The summed E-state index contributed by atoms with van der Waals surface area (Å²) in [7, 11) is 0. The van der Waals surface area contributed by atoms with E-state index in [0.717, 1.165) is 11.1 Å². The molecule has 0 bridgehead atoms. The molecule has 0 aliphatic rings. The second-order valence-electron chi connectivity index (χ2n) is 4.26. The topological polar surface area (TPSA) is 63.6 Å². The van der Waals surface area contributed by atoms with E-state index in [1.165, 1.54) is 4.68 Å². The number of hydrogen-bond donors (Lipinski definition) is 1. The van der Waals surface area contributed by atoms with Gasteiger partial charge in [0.05, 0.1) is 5.56 Å². The molecule has 3 aromatic rings. The molecule has 0 saturated carbocycles. The predicted molar refractivity (Wildman–Crippen MR) is 72.2 cm³/mol. The molecule has 0 unspecified atom stereocenters. The van der Waals surface area contributed by atoms with Gasteiger partial charge in [0.25, 0.3) is 5.56 Å². The molecule has 1 N–H and O–H groups in total. The first-order valence-electron chi connectivity index (χ1n) is 5.89. The molecule has 3 aromatic heterocycles. The van der Waals surface area contributed by atoms with Gasteiger partial charge in [-0.05, 0) is 24.6 Å². The van der Waals surface area contributed by atoms with Gasteiger partial charge in [0, 0.05) is 30.4 Å². The van der Waals surface area contributed by atoms with Crippen molar-refractivity contribution in [1.29, 1.82) is 0 Å². The van der Waals surface area contributed by atoms with Crippen LogP contribution in [0, 0.1) is 6.92 Å². The molecule has 0 saturated heterocycles. The Balaban J connectivity index is 2.09. The maximum absolute atomic E-state index is 12.3. The average Bonchev–Trinajstić information content (AvgIpc) is 2.83. The second kappa shape index (κ2) is 4.53. The lowest BCUT2D eigenvalue weighted by Gasteiger charge is -2.00. The molecule has 5 heteroatoms. The maximum atomic E-state index is 12.3. The molecule has 3 heterocycles. The summed E-state index contributed by atoms with van der Waals surface area (Å²) in [6.07, 6.45) is 6.74. The predicted octanol–water partition coefficient (Wildman–Crippen LogP) is 1.93. The summed E-state index contributed by atoms with van der Waals surface area (Å²) in [6, 6.07) is 7.38. The minimum Gasteiger partial charge on any atom is -0.296 e. The Morgan fingerprint density at radius 3 is 2.79 bits per heavy atom. The third-order valence-electron chi connectivity index (χ3n) is 2.87. The number of H-pyrrole nitrogens is 1. The number of nitrogens with zero attached hydrogens (tertiary/aromatic N) is 3. The van der Waals surface area contributed by atoms with Crippen LogP contribution in [0.4, 0.5) is 0 Å². The van der Waals surface area contributed by atoms with Gasteiger partial charge in [-0.25, -0.2) is 9.67 Å². The molecule has 0 spiro atoms. The molecule has 94 valence electrons. The number of rotatable bonds is 2. The number of nitrogens with one attached hydrogen (secondary N) is 1. The van der Waals surface area contributed by atoms with E-state index in [2.05, 4.69) is 15.1 Å². The number of aromatic amines is 1. The van der Waals surface area contributed by atoms with Gasteiger partial charge in [0.15, 0.2) is 5.82 Å². The van der Waals surface area contributed by atoms with Gasteiger partial charge in [-0.15, -0.1) is 0 Å². The molecular formula is C14H12N4O. The Morgan fingerprint density at radius 1 is 1.21 bits per heavy atom. The largest absolute Gasteiger partial charge is 0.296 e. The fraction of sp³-hybridized carbons (Fsp3) is 0.0714. The summed E-state index contributed by atoms with van der Waals surface area (Å²) in [5.74, 6) is 0.575. The molecule has 0 atom stereocenters. The van der Waals surface area contributed by atoms with Crippen LogP contribution in [0.2, 0.25) is 0 Å². The van der Waals surface area contributed by atoms with E-state index < -0.39 is 0 Å². The van der Waals surface area contributed by atoms with Crippen LogP contribution >= 0.6 is 0 Å². The zero-order valence-corrected chi connectivity index (χ0v) is 10.4. The lowest BCUT2D eigenvalue weighted by Crippen LogP contribution is -2.16. The highest BCUT2D eigenvalue weighted by Crippen LogP contribution is 2.13. The SMILES string of the molecule is Cc1ccc(-n2[nH]cc(-c3cccnc3)c2=O)nc1. The van der Waals surface area contributed by atoms with Crippen molar-refractivity contribution in [2.24, 2.45) is 0 Å². The van der Waals surface area contributed by atoms with Crippen LogP contribution in [0.3, 0.4) is 0 Å². The van der Waals surface area contributed by atoms with Crippen LogP contribution < -0.4 is 5.56 Å². The molecule has 0 fully saturated rings. The highest BCUT2D eigenvalue weighted by Gasteiger charge is 2.10. The molecular weight excluding hydrogens is 240 g/mol. The van der Waals surface area contributed by atoms with Crippen LogP contribution in [0.5, 0.6) is 0 Å². The standard InChI is InChI=1S/C14H12N4O/c1-10-4-5-13(16-7-10)18-14(19)12(9-17-18)11-3-2-6-15-8-11/h2-9,17H,1H3. The average molecular weight is 252 g/mol. The van der Waals surface area contributed by atoms with Crippen molar-refractivity contribution in [3.8, 4) is 16.9 Å². The molecule has 19 heavy (non-hydrogen) atoms. The van der Waals surface area contributed by atoms with Crippen molar-refractivity contribution < 1.29 is 0 Å².